The van der Waals surface area contributed by atoms with Crippen molar-refractivity contribution in [2.75, 3.05) is 44.3 Å². The van der Waals surface area contributed by atoms with Gasteiger partial charge in [-0.25, -0.2) is 0 Å². The molecule has 0 radical (unpaired) electrons. The number of morpholine rings is 1. The SMILES string of the molecule is CCCC(=O)N(CCN1CCOCC1)c1ccccc1. The second-order valence-electron chi connectivity index (χ2n) is 5.08. The van der Waals surface area contributed by atoms with E-state index in [4.69, 9.17) is 4.74 Å². The van der Waals surface area contributed by atoms with Crippen molar-refractivity contribution in [1.29, 1.82) is 0 Å². The molecule has 4 heteroatoms. The Labute approximate surface area is 121 Å². The molecule has 1 saturated heterocycles. The number of hydrogen-bond donors (Lipinski definition) is 0. The van der Waals surface area contributed by atoms with E-state index in [2.05, 4.69) is 4.90 Å². The van der Waals surface area contributed by atoms with Crippen LogP contribution in [0.3, 0.4) is 0 Å². The predicted molar refractivity (Wildman–Crippen MR) is 81.0 cm³/mol. The van der Waals surface area contributed by atoms with E-state index in [1.807, 2.05) is 42.2 Å². The number of rotatable bonds is 6. The van der Waals surface area contributed by atoms with Crippen molar-refractivity contribution < 1.29 is 9.53 Å². The van der Waals surface area contributed by atoms with Crippen LogP contribution in [0.25, 0.3) is 0 Å². The first kappa shape index (κ1) is 15.0. The van der Waals surface area contributed by atoms with Gasteiger partial charge in [0.1, 0.15) is 0 Å². The molecule has 4 nitrogen and oxygen atoms in total. The number of amides is 1. The normalized spacial score (nSPS) is 16.1. The first-order valence-corrected chi connectivity index (χ1v) is 7.46. The third-order valence-electron chi connectivity index (χ3n) is 3.58. The number of hydrogen-bond acceptors (Lipinski definition) is 3. The average molecular weight is 276 g/mol. The summed E-state index contributed by atoms with van der Waals surface area (Å²) < 4.78 is 5.35. The second kappa shape index (κ2) is 8.02. The van der Waals surface area contributed by atoms with Crippen molar-refractivity contribution in [3.8, 4) is 0 Å². The molecule has 0 aromatic heterocycles. The molecule has 0 bridgehead atoms. The van der Waals surface area contributed by atoms with E-state index < -0.39 is 0 Å². The highest BCUT2D eigenvalue weighted by atomic mass is 16.5. The maximum absolute atomic E-state index is 12.3. The largest absolute Gasteiger partial charge is 0.379 e. The lowest BCUT2D eigenvalue weighted by Crippen LogP contribution is -2.43. The Balaban J connectivity index is 1.97. The average Bonchev–Trinajstić information content (AvgIpc) is 2.50. The molecular weight excluding hydrogens is 252 g/mol. The molecule has 0 atom stereocenters. The van der Waals surface area contributed by atoms with Crippen molar-refractivity contribution in [1.82, 2.24) is 4.90 Å². The van der Waals surface area contributed by atoms with E-state index in [9.17, 15) is 4.79 Å². The Morgan fingerprint density at radius 2 is 1.95 bits per heavy atom. The summed E-state index contributed by atoms with van der Waals surface area (Å²) in [6, 6.07) is 9.96. The van der Waals surface area contributed by atoms with Gasteiger partial charge in [-0.3, -0.25) is 9.69 Å². The molecule has 2 rings (SSSR count). The van der Waals surface area contributed by atoms with Crippen molar-refractivity contribution >= 4 is 11.6 Å². The van der Waals surface area contributed by atoms with Gasteiger partial charge in [0.2, 0.25) is 5.91 Å². The minimum Gasteiger partial charge on any atom is -0.379 e. The van der Waals surface area contributed by atoms with Crippen LogP contribution in [0.15, 0.2) is 30.3 Å². The van der Waals surface area contributed by atoms with E-state index >= 15 is 0 Å². The number of nitrogens with zero attached hydrogens (tertiary/aromatic N) is 2. The van der Waals surface area contributed by atoms with E-state index in [-0.39, 0.29) is 5.91 Å². The quantitative estimate of drug-likeness (QED) is 0.798. The molecule has 20 heavy (non-hydrogen) atoms. The molecule has 0 N–H and O–H groups in total. The Morgan fingerprint density at radius 1 is 1.25 bits per heavy atom. The minimum atomic E-state index is 0.215. The summed E-state index contributed by atoms with van der Waals surface area (Å²) in [5.41, 5.74) is 0.999. The highest BCUT2D eigenvalue weighted by molar-refractivity contribution is 5.93. The molecule has 1 aliphatic rings. The maximum atomic E-state index is 12.3. The third kappa shape index (κ3) is 4.32. The number of ether oxygens (including phenoxy) is 1. The zero-order valence-electron chi connectivity index (χ0n) is 12.3. The lowest BCUT2D eigenvalue weighted by atomic mass is 10.2. The lowest BCUT2D eigenvalue weighted by molar-refractivity contribution is -0.118. The van der Waals surface area contributed by atoms with Gasteiger partial charge in [0.15, 0.2) is 0 Å². The standard InChI is InChI=1S/C16H24N2O2/c1-2-6-16(19)18(15-7-4-3-5-8-15)10-9-17-11-13-20-14-12-17/h3-5,7-8H,2,6,9-14H2,1H3. The summed E-state index contributed by atoms with van der Waals surface area (Å²) in [6.07, 6.45) is 1.50. The van der Waals surface area contributed by atoms with Crippen LogP contribution in [0, 0.1) is 0 Å². The van der Waals surface area contributed by atoms with Crippen LogP contribution in [0.1, 0.15) is 19.8 Å². The van der Waals surface area contributed by atoms with Gasteiger partial charge in [-0.1, -0.05) is 25.1 Å². The molecule has 0 aliphatic carbocycles. The maximum Gasteiger partial charge on any atom is 0.227 e. The molecule has 0 saturated carbocycles. The molecule has 110 valence electrons. The molecule has 1 amide bonds. The van der Waals surface area contributed by atoms with Crippen LogP contribution in [-0.4, -0.2) is 50.2 Å². The number of carbonyl (C=O) groups excluding carboxylic acids is 1. The van der Waals surface area contributed by atoms with Gasteiger partial charge in [0, 0.05) is 38.3 Å². The van der Waals surface area contributed by atoms with Gasteiger partial charge >= 0.3 is 0 Å². The van der Waals surface area contributed by atoms with Gasteiger partial charge in [-0.2, -0.15) is 0 Å². The summed E-state index contributed by atoms with van der Waals surface area (Å²) >= 11 is 0. The fourth-order valence-corrected chi connectivity index (χ4v) is 2.42. The van der Waals surface area contributed by atoms with E-state index in [0.717, 1.165) is 51.5 Å². The Bertz CT molecular complexity index is 402. The zero-order chi connectivity index (χ0) is 14.2. The van der Waals surface area contributed by atoms with Crippen LogP contribution >= 0.6 is 0 Å². The first-order chi connectivity index (χ1) is 9.81. The van der Waals surface area contributed by atoms with Gasteiger partial charge in [0.25, 0.3) is 0 Å². The molecular formula is C16H24N2O2. The molecule has 1 aromatic carbocycles. The van der Waals surface area contributed by atoms with Crippen LogP contribution in [0.2, 0.25) is 0 Å². The van der Waals surface area contributed by atoms with Crippen LogP contribution in [0.5, 0.6) is 0 Å². The first-order valence-electron chi connectivity index (χ1n) is 7.46. The van der Waals surface area contributed by atoms with Gasteiger partial charge < -0.3 is 9.64 Å². The van der Waals surface area contributed by atoms with Crippen LogP contribution in [0.4, 0.5) is 5.69 Å². The predicted octanol–water partition coefficient (Wildman–Crippen LogP) is 2.15. The van der Waals surface area contributed by atoms with E-state index in [1.165, 1.54) is 0 Å². The molecule has 1 heterocycles. The summed E-state index contributed by atoms with van der Waals surface area (Å²) in [6.45, 7) is 7.23. The smallest absolute Gasteiger partial charge is 0.227 e. The Morgan fingerprint density at radius 3 is 2.60 bits per heavy atom. The van der Waals surface area contributed by atoms with Gasteiger partial charge in [-0.05, 0) is 18.6 Å². The summed E-state index contributed by atoms with van der Waals surface area (Å²) in [5.74, 6) is 0.215. The molecule has 0 spiro atoms. The number of anilines is 1. The highest BCUT2D eigenvalue weighted by Crippen LogP contribution is 2.15. The van der Waals surface area contributed by atoms with Crippen molar-refractivity contribution in [2.24, 2.45) is 0 Å². The third-order valence-corrected chi connectivity index (χ3v) is 3.58. The van der Waals surface area contributed by atoms with Crippen molar-refractivity contribution in [3.05, 3.63) is 30.3 Å². The fourth-order valence-electron chi connectivity index (χ4n) is 2.42. The molecule has 1 aliphatic heterocycles. The Kier molecular flexibility index (Phi) is 6.02. The molecule has 0 unspecified atom stereocenters. The number of carbonyl (C=O) groups is 1. The molecule has 1 aromatic rings. The monoisotopic (exact) mass is 276 g/mol. The van der Waals surface area contributed by atoms with Crippen molar-refractivity contribution in [2.45, 2.75) is 19.8 Å². The highest BCUT2D eigenvalue weighted by Gasteiger charge is 2.17. The second-order valence-corrected chi connectivity index (χ2v) is 5.08. The zero-order valence-corrected chi connectivity index (χ0v) is 12.3. The number of para-hydroxylation sites is 1. The van der Waals surface area contributed by atoms with Crippen LogP contribution < -0.4 is 4.90 Å². The lowest BCUT2D eigenvalue weighted by Gasteiger charge is -2.30. The summed E-state index contributed by atoms with van der Waals surface area (Å²) in [5, 5.41) is 0. The van der Waals surface area contributed by atoms with Gasteiger partial charge in [-0.15, -0.1) is 0 Å². The van der Waals surface area contributed by atoms with E-state index in [0.29, 0.717) is 6.42 Å². The Hall–Kier alpha value is -1.39. The van der Waals surface area contributed by atoms with Crippen LogP contribution in [-0.2, 0) is 9.53 Å². The topological polar surface area (TPSA) is 32.8 Å². The van der Waals surface area contributed by atoms with Gasteiger partial charge in [0.05, 0.1) is 13.2 Å². The fraction of sp³-hybridized carbons (Fsp3) is 0.562. The summed E-state index contributed by atoms with van der Waals surface area (Å²) in [7, 11) is 0. The van der Waals surface area contributed by atoms with Crippen molar-refractivity contribution in [3.63, 3.8) is 0 Å². The molecule has 1 fully saturated rings. The minimum absolute atomic E-state index is 0.215. The summed E-state index contributed by atoms with van der Waals surface area (Å²) in [4.78, 5) is 16.6. The van der Waals surface area contributed by atoms with E-state index in [1.54, 1.807) is 0 Å². The number of benzene rings is 1.